The van der Waals surface area contributed by atoms with Gasteiger partial charge in [-0.15, -0.1) is 0 Å². The molecule has 20 heavy (non-hydrogen) atoms. The maximum absolute atomic E-state index is 12.3. The summed E-state index contributed by atoms with van der Waals surface area (Å²) in [7, 11) is 1.81. The minimum Gasteiger partial charge on any atom is -0.506 e. The Morgan fingerprint density at radius 1 is 1.10 bits per heavy atom. The van der Waals surface area contributed by atoms with Crippen LogP contribution in [0.5, 0.6) is 5.75 Å². The van der Waals surface area contributed by atoms with Gasteiger partial charge in [0.25, 0.3) is 5.91 Å². The highest BCUT2D eigenvalue weighted by atomic mass is 16.3. The second-order valence-electron chi connectivity index (χ2n) is 4.65. The number of aromatic hydroxyl groups is 1. The predicted octanol–water partition coefficient (Wildman–Crippen LogP) is 3.14. The van der Waals surface area contributed by atoms with Gasteiger partial charge in [0.1, 0.15) is 5.75 Å². The number of carbonyl (C=O) groups is 1. The first-order valence-electron chi connectivity index (χ1n) is 6.30. The average Bonchev–Trinajstić information content (AvgIpc) is 2.79. The largest absolute Gasteiger partial charge is 0.506 e. The van der Waals surface area contributed by atoms with Crippen molar-refractivity contribution in [1.82, 2.24) is 4.57 Å². The number of para-hydroxylation sites is 2. The smallest absolute Gasteiger partial charge is 0.257 e. The zero-order valence-corrected chi connectivity index (χ0v) is 11.0. The zero-order valence-electron chi connectivity index (χ0n) is 11.0. The third-order valence-corrected chi connectivity index (χ3v) is 3.26. The molecule has 100 valence electrons. The van der Waals surface area contributed by atoms with E-state index in [1.54, 1.807) is 29.9 Å². The molecule has 0 aliphatic carbocycles. The van der Waals surface area contributed by atoms with Crippen molar-refractivity contribution >= 4 is 22.5 Å². The van der Waals surface area contributed by atoms with Gasteiger partial charge < -0.3 is 15.0 Å². The molecule has 4 nitrogen and oxygen atoms in total. The van der Waals surface area contributed by atoms with Gasteiger partial charge in [-0.25, -0.2) is 0 Å². The second-order valence-corrected chi connectivity index (χ2v) is 4.65. The summed E-state index contributed by atoms with van der Waals surface area (Å²) in [6, 6.07) is 14.5. The lowest BCUT2D eigenvalue weighted by molar-refractivity contribution is 0.102. The van der Waals surface area contributed by atoms with Crippen molar-refractivity contribution in [3.63, 3.8) is 0 Å². The summed E-state index contributed by atoms with van der Waals surface area (Å²) in [4.78, 5) is 12.3. The number of fused-ring (bicyclic) bond motifs is 1. The van der Waals surface area contributed by atoms with Crippen molar-refractivity contribution in [1.29, 1.82) is 0 Å². The third-order valence-electron chi connectivity index (χ3n) is 3.26. The fourth-order valence-electron chi connectivity index (χ4n) is 2.35. The molecule has 4 heteroatoms. The number of anilines is 1. The molecule has 0 fully saturated rings. The molecule has 1 heterocycles. The Morgan fingerprint density at radius 2 is 1.85 bits per heavy atom. The number of nitrogens with zero attached hydrogens (tertiary/aromatic N) is 1. The summed E-state index contributed by atoms with van der Waals surface area (Å²) in [6.07, 6.45) is 1.72. The van der Waals surface area contributed by atoms with Gasteiger partial charge in [-0.1, -0.05) is 30.3 Å². The van der Waals surface area contributed by atoms with Crippen molar-refractivity contribution in [2.24, 2.45) is 7.05 Å². The lowest BCUT2D eigenvalue weighted by Crippen LogP contribution is -2.11. The van der Waals surface area contributed by atoms with E-state index < -0.39 is 0 Å². The summed E-state index contributed by atoms with van der Waals surface area (Å²) < 4.78 is 1.75. The van der Waals surface area contributed by atoms with Gasteiger partial charge in [0.15, 0.2) is 0 Å². The molecule has 0 bridgehead atoms. The molecular formula is C16H14N2O2. The Kier molecular flexibility index (Phi) is 2.91. The van der Waals surface area contributed by atoms with Crippen LogP contribution in [0.4, 0.5) is 5.69 Å². The number of nitrogens with one attached hydrogen (secondary N) is 1. The third kappa shape index (κ3) is 2.01. The van der Waals surface area contributed by atoms with E-state index in [1.807, 2.05) is 36.4 Å². The molecule has 0 aliphatic heterocycles. The molecule has 0 saturated heterocycles. The van der Waals surface area contributed by atoms with Crippen molar-refractivity contribution in [3.05, 3.63) is 60.3 Å². The van der Waals surface area contributed by atoms with E-state index >= 15 is 0 Å². The molecule has 0 unspecified atom stereocenters. The molecule has 3 aromatic rings. The average molecular weight is 266 g/mol. The van der Waals surface area contributed by atoms with Crippen LogP contribution in [0.3, 0.4) is 0 Å². The van der Waals surface area contributed by atoms with Crippen LogP contribution in [0.25, 0.3) is 10.9 Å². The van der Waals surface area contributed by atoms with Crippen LogP contribution in [-0.2, 0) is 7.05 Å². The number of rotatable bonds is 2. The molecule has 0 atom stereocenters. The number of aromatic nitrogens is 1. The normalized spacial score (nSPS) is 10.7. The van der Waals surface area contributed by atoms with E-state index in [-0.39, 0.29) is 11.7 Å². The molecule has 3 rings (SSSR count). The minimum absolute atomic E-state index is 0.170. The van der Waals surface area contributed by atoms with Gasteiger partial charge in [0, 0.05) is 24.3 Å². The van der Waals surface area contributed by atoms with Crippen molar-refractivity contribution < 1.29 is 9.90 Å². The highest BCUT2D eigenvalue weighted by Crippen LogP contribution is 2.28. The van der Waals surface area contributed by atoms with Crippen molar-refractivity contribution in [3.8, 4) is 5.75 Å². The number of benzene rings is 2. The zero-order chi connectivity index (χ0) is 14.1. The first kappa shape index (κ1) is 12.3. The van der Waals surface area contributed by atoms with E-state index in [0.717, 1.165) is 11.1 Å². The van der Waals surface area contributed by atoms with Crippen LogP contribution in [0.2, 0.25) is 0 Å². The number of carbonyl (C=O) groups excluding carboxylic acids is 1. The topological polar surface area (TPSA) is 54.3 Å². The van der Waals surface area contributed by atoms with E-state index in [9.17, 15) is 9.90 Å². The van der Waals surface area contributed by atoms with E-state index in [4.69, 9.17) is 0 Å². The highest BCUT2D eigenvalue weighted by Gasteiger charge is 2.15. The molecule has 0 spiro atoms. The van der Waals surface area contributed by atoms with Gasteiger partial charge in [-0.05, 0) is 18.2 Å². The van der Waals surface area contributed by atoms with Crippen LogP contribution in [0.15, 0.2) is 54.7 Å². The fourth-order valence-corrected chi connectivity index (χ4v) is 2.35. The number of phenols is 1. The Balaban J connectivity index is 2.03. The predicted molar refractivity (Wildman–Crippen MR) is 79.0 cm³/mol. The lowest BCUT2D eigenvalue weighted by Gasteiger charge is -2.03. The maximum Gasteiger partial charge on any atom is 0.257 e. The second kappa shape index (κ2) is 4.74. The van der Waals surface area contributed by atoms with Crippen LogP contribution >= 0.6 is 0 Å². The van der Waals surface area contributed by atoms with Gasteiger partial charge in [-0.2, -0.15) is 0 Å². The highest BCUT2D eigenvalue weighted by molar-refractivity contribution is 6.13. The van der Waals surface area contributed by atoms with Crippen molar-refractivity contribution in [2.75, 3.05) is 5.32 Å². The van der Waals surface area contributed by atoms with Crippen molar-refractivity contribution in [2.45, 2.75) is 0 Å². The fraction of sp³-hybridized carbons (Fsp3) is 0.0625. The van der Waals surface area contributed by atoms with Crippen LogP contribution < -0.4 is 5.32 Å². The van der Waals surface area contributed by atoms with Crippen LogP contribution in [0, 0.1) is 0 Å². The van der Waals surface area contributed by atoms with Crippen LogP contribution in [0.1, 0.15) is 10.4 Å². The Bertz CT molecular complexity index is 776. The molecule has 1 amide bonds. The maximum atomic E-state index is 12.3. The Labute approximate surface area is 116 Å². The number of amides is 1. The number of aryl methyl sites for hydroxylation is 1. The number of hydrogen-bond donors (Lipinski definition) is 2. The summed E-state index contributed by atoms with van der Waals surface area (Å²) in [5, 5.41) is 13.5. The quantitative estimate of drug-likeness (QED) is 0.748. The lowest BCUT2D eigenvalue weighted by atomic mass is 10.1. The standard InChI is InChI=1S/C16H14N2O2/c1-18-10-13(12-8-5-9-14(19)15(12)18)16(20)17-11-6-3-2-4-7-11/h2-10,19H,1H3,(H,17,20). The molecule has 1 aromatic heterocycles. The van der Waals surface area contributed by atoms with Gasteiger partial charge in [-0.3, -0.25) is 4.79 Å². The number of phenolic OH excluding ortho intramolecular Hbond substituents is 1. The Morgan fingerprint density at radius 3 is 2.60 bits per heavy atom. The first-order chi connectivity index (χ1) is 9.66. The molecule has 0 aliphatic rings. The van der Waals surface area contributed by atoms with Gasteiger partial charge in [0.2, 0.25) is 0 Å². The van der Waals surface area contributed by atoms with E-state index in [1.165, 1.54) is 0 Å². The molecular weight excluding hydrogens is 252 g/mol. The molecule has 0 saturated carbocycles. The minimum atomic E-state index is -0.188. The molecule has 2 aromatic carbocycles. The molecule has 0 radical (unpaired) electrons. The van der Waals surface area contributed by atoms with E-state index in [2.05, 4.69) is 5.32 Å². The number of hydrogen-bond acceptors (Lipinski definition) is 2. The van der Waals surface area contributed by atoms with Gasteiger partial charge >= 0.3 is 0 Å². The monoisotopic (exact) mass is 266 g/mol. The van der Waals surface area contributed by atoms with Gasteiger partial charge in [0.05, 0.1) is 11.1 Å². The van der Waals surface area contributed by atoms with Crippen LogP contribution in [-0.4, -0.2) is 15.6 Å². The summed E-state index contributed by atoms with van der Waals surface area (Å²) in [5.74, 6) is -0.0174. The molecule has 2 N–H and O–H groups in total. The SMILES string of the molecule is Cn1cc(C(=O)Nc2ccccc2)c2cccc(O)c21. The summed E-state index contributed by atoms with van der Waals surface area (Å²) in [5.41, 5.74) is 1.95. The summed E-state index contributed by atoms with van der Waals surface area (Å²) in [6.45, 7) is 0. The first-order valence-corrected chi connectivity index (χ1v) is 6.30. The summed E-state index contributed by atoms with van der Waals surface area (Å²) >= 11 is 0. The van der Waals surface area contributed by atoms with E-state index in [0.29, 0.717) is 11.1 Å². The Hall–Kier alpha value is -2.75.